The second kappa shape index (κ2) is 12.6. The molecule has 0 saturated carbocycles. The third-order valence-corrected chi connectivity index (χ3v) is 4.91. The summed E-state index contributed by atoms with van der Waals surface area (Å²) in [7, 11) is 0. The summed E-state index contributed by atoms with van der Waals surface area (Å²) in [6.07, 6.45) is 10.8. The van der Waals surface area contributed by atoms with Gasteiger partial charge in [0.1, 0.15) is 28.5 Å². The number of halogens is 3. The highest BCUT2D eigenvalue weighted by atomic mass is 19.4. The molecule has 1 saturated heterocycles. The summed E-state index contributed by atoms with van der Waals surface area (Å²) in [5.74, 6) is 0.466. The van der Waals surface area contributed by atoms with Gasteiger partial charge in [0.25, 0.3) is 5.91 Å². The van der Waals surface area contributed by atoms with Gasteiger partial charge in [-0.1, -0.05) is 19.4 Å². The number of carbonyl (C=O) groups excluding carboxylic acids is 1. The van der Waals surface area contributed by atoms with E-state index in [2.05, 4.69) is 35.1 Å². The number of fused-ring (bicyclic) bond motifs is 1. The van der Waals surface area contributed by atoms with Crippen molar-refractivity contribution in [1.29, 1.82) is 0 Å². The van der Waals surface area contributed by atoms with Crippen LogP contribution in [0.3, 0.4) is 0 Å². The van der Waals surface area contributed by atoms with Gasteiger partial charge in [0, 0.05) is 37.9 Å². The number of anilines is 1. The van der Waals surface area contributed by atoms with E-state index >= 15 is 0 Å². The Morgan fingerprint density at radius 3 is 2.68 bits per heavy atom. The lowest BCUT2D eigenvalue weighted by Gasteiger charge is -2.12. The Bertz CT molecular complexity index is 1090. The monoisotopic (exact) mass is 476 g/mol. The predicted molar refractivity (Wildman–Crippen MR) is 123 cm³/mol. The smallest absolute Gasteiger partial charge is 0.433 e. The molecule has 4 heterocycles. The van der Waals surface area contributed by atoms with Crippen LogP contribution in [0.1, 0.15) is 42.9 Å². The number of nitrogens with zero attached hydrogens (tertiary/aromatic N) is 3. The van der Waals surface area contributed by atoms with E-state index in [0.29, 0.717) is 23.7 Å². The van der Waals surface area contributed by atoms with E-state index in [0.717, 1.165) is 31.3 Å². The SMILES string of the molecule is C#C.CCOc1cc2nccn2cc1NC(=O)c1cccc(C(F)(F)F)n1.CC[C@@H]1CCOC1. The summed E-state index contributed by atoms with van der Waals surface area (Å²) in [5, 5.41) is 2.53. The van der Waals surface area contributed by atoms with E-state index in [1.807, 2.05) is 0 Å². The molecule has 10 heteroatoms. The fourth-order valence-corrected chi connectivity index (χ4v) is 3.12. The van der Waals surface area contributed by atoms with Gasteiger partial charge in [-0.15, -0.1) is 12.8 Å². The molecular formula is C24H27F3N4O3. The molecule has 182 valence electrons. The first kappa shape index (κ1) is 26.7. The normalized spacial score (nSPS) is 15.0. The van der Waals surface area contributed by atoms with Crippen LogP contribution in [0.25, 0.3) is 5.65 Å². The lowest BCUT2D eigenvalue weighted by atomic mass is 10.1. The number of aromatic nitrogens is 3. The van der Waals surface area contributed by atoms with Crippen molar-refractivity contribution in [2.75, 3.05) is 25.1 Å². The summed E-state index contributed by atoms with van der Waals surface area (Å²) in [6, 6.07) is 4.77. The molecule has 1 atom stereocenters. The number of nitrogens with one attached hydrogen (secondary N) is 1. The molecule has 0 aromatic carbocycles. The Morgan fingerprint density at radius 1 is 1.32 bits per heavy atom. The van der Waals surface area contributed by atoms with E-state index in [-0.39, 0.29) is 5.69 Å². The van der Waals surface area contributed by atoms with Gasteiger partial charge < -0.3 is 19.2 Å². The zero-order chi connectivity index (χ0) is 25.1. The molecule has 0 aliphatic carbocycles. The third-order valence-electron chi connectivity index (χ3n) is 4.91. The molecule has 34 heavy (non-hydrogen) atoms. The number of ether oxygens (including phenoxy) is 2. The number of imidazole rings is 1. The topological polar surface area (TPSA) is 77.8 Å². The van der Waals surface area contributed by atoms with Crippen molar-refractivity contribution in [2.24, 2.45) is 5.92 Å². The molecule has 0 spiro atoms. The van der Waals surface area contributed by atoms with Crippen molar-refractivity contribution < 1.29 is 27.4 Å². The lowest BCUT2D eigenvalue weighted by Crippen LogP contribution is -2.17. The van der Waals surface area contributed by atoms with Crippen LogP contribution in [0.2, 0.25) is 0 Å². The average Bonchev–Trinajstić information content (AvgIpc) is 3.52. The van der Waals surface area contributed by atoms with Crippen LogP contribution in [-0.4, -0.2) is 40.1 Å². The predicted octanol–water partition coefficient (Wildman–Crippen LogP) is 5.08. The molecule has 3 aromatic heterocycles. The van der Waals surface area contributed by atoms with Crippen LogP contribution < -0.4 is 10.1 Å². The highest BCUT2D eigenvalue weighted by Gasteiger charge is 2.33. The van der Waals surface area contributed by atoms with Crippen LogP contribution in [0.4, 0.5) is 18.9 Å². The highest BCUT2D eigenvalue weighted by molar-refractivity contribution is 6.03. The number of terminal acetylenes is 1. The first-order valence-electron chi connectivity index (χ1n) is 10.7. The molecule has 1 amide bonds. The van der Waals surface area contributed by atoms with Gasteiger partial charge in [0.2, 0.25) is 0 Å². The minimum absolute atomic E-state index is 0.302. The van der Waals surface area contributed by atoms with Crippen molar-refractivity contribution in [3.8, 4) is 18.6 Å². The average molecular weight is 476 g/mol. The van der Waals surface area contributed by atoms with E-state index in [4.69, 9.17) is 9.47 Å². The van der Waals surface area contributed by atoms with Crippen molar-refractivity contribution >= 4 is 17.2 Å². The van der Waals surface area contributed by atoms with E-state index < -0.39 is 17.8 Å². The van der Waals surface area contributed by atoms with Gasteiger partial charge in [-0.3, -0.25) is 4.79 Å². The maximum Gasteiger partial charge on any atom is 0.433 e. The number of carbonyl (C=O) groups is 1. The molecule has 0 unspecified atom stereocenters. The van der Waals surface area contributed by atoms with Crippen LogP contribution in [0, 0.1) is 18.8 Å². The maximum atomic E-state index is 12.7. The third kappa shape index (κ3) is 7.22. The van der Waals surface area contributed by atoms with Crippen LogP contribution in [0.5, 0.6) is 5.75 Å². The van der Waals surface area contributed by atoms with Gasteiger partial charge in [0.15, 0.2) is 0 Å². The zero-order valence-corrected chi connectivity index (χ0v) is 19.0. The molecule has 0 bridgehead atoms. The quantitative estimate of drug-likeness (QED) is 0.520. The van der Waals surface area contributed by atoms with Gasteiger partial charge in [-0.2, -0.15) is 13.2 Å². The second-order valence-electron chi connectivity index (χ2n) is 7.17. The zero-order valence-electron chi connectivity index (χ0n) is 19.0. The van der Waals surface area contributed by atoms with Gasteiger partial charge in [-0.25, -0.2) is 9.97 Å². The summed E-state index contributed by atoms with van der Waals surface area (Å²) in [4.78, 5) is 19.8. The molecule has 0 radical (unpaired) electrons. The van der Waals surface area contributed by atoms with E-state index in [9.17, 15) is 18.0 Å². The standard InChI is InChI=1S/C16H13F3N4O2.C6H12O.C2H2/c1-2-25-12-8-14-20-6-7-23(14)9-11(12)22-15(24)10-4-3-5-13(21-10)16(17,18)19;1-2-6-3-4-7-5-6;1-2/h3-9H,2H2,1H3,(H,22,24);6H,2-5H2,1H3;1-2H/t;6-;/m.1./s1. The molecule has 1 aliphatic rings. The Balaban J connectivity index is 0.000000384. The lowest BCUT2D eigenvalue weighted by molar-refractivity contribution is -0.141. The fourth-order valence-electron chi connectivity index (χ4n) is 3.12. The number of rotatable bonds is 5. The highest BCUT2D eigenvalue weighted by Crippen LogP contribution is 2.29. The Kier molecular flexibility index (Phi) is 9.89. The Labute approximate surface area is 196 Å². The van der Waals surface area contributed by atoms with Crippen molar-refractivity contribution in [3.63, 3.8) is 0 Å². The number of amides is 1. The molecule has 4 rings (SSSR count). The number of hydrogen-bond donors (Lipinski definition) is 1. The maximum absolute atomic E-state index is 12.7. The van der Waals surface area contributed by atoms with Crippen molar-refractivity contribution in [1.82, 2.24) is 14.4 Å². The Morgan fingerprint density at radius 2 is 2.09 bits per heavy atom. The van der Waals surface area contributed by atoms with Crippen molar-refractivity contribution in [3.05, 3.63) is 54.2 Å². The molecule has 7 nitrogen and oxygen atoms in total. The summed E-state index contributed by atoms with van der Waals surface area (Å²) < 4.78 is 50.5. The second-order valence-corrected chi connectivity index (χ2v) is 7.17. The fraction of sp³-hybridized carbons (Fsp3) is 0.375. The largest absolute Gasteiger partial charge is 0.491 e. The van der Waals surface area contributed by atoms with E-state index in [1.54, 1.807) is 36.0 Å². The molecule has 1 aliphatic heterocycles. The summed E-state index contributed by atoms with van der Waals surface area (Å²) in [6.45, 7) is 6.35. The Hall–Kier alpha value is -3.58. The van der Waals surface area contributed by atoms with Crippen LogP contribution in [-0.2, 0) is 10.9 Å². The molecule has 1 N–H and O–H groups in total. The molecule has 1 fully saturated rings. The van der Waals surface area contributed by atoms with Crippen LogP contribution >= 0.6 is 0 Å². The molecular weight excluding hydrogens is 449 g/mol. The van der Waals surface area contributed by atoms with Gasteiger partial charge in [-0.05, 0) is 31.4 Å². The summed E-state index contributed by atoms with van der Waals surface area (Å²) >= 11 is 0. The van der Waals surface area contributed by atoms with Crippen LogP contribution in [0.15, 0.2) is 42.9 Å². The first-order valence-corrected chi connectivity index (χ1v) is 10.7. The van der Waals surface area contributed by atoms with Crippen molar-refractivity contribution in [2.45, 2.75) is 32.9 Å². The minimum Gasteiger partial charge on any atom is -0.491 e. The minimum atomic E-state index is -4.62. The van der Waals surface area contributed by atoms with Gasteiger partial charge in [0.05, 0.1) is 6.61 Å². The number of pyridine rings is 2. The number of hydrogen-bond acceptors (Lipinski definition) is 5. The van der Waals surface area contributed by atoms with Gasteiger partial charge >= 0.3 is 6.18 Å². The van der Waals surface area contributed by atoms with E-state index in [1.165, 1.54) is 18.9 Å². The summed E-state index contributed by atoms with van der Waals surface area (Å²) in [5.41, 5.74) is -0.562. The first-order chi connectivity index (χ1) is 16.3. The number of alkyl halides is 3. The molecule has 3 aromatic rings.